The van der Waals surface area contributed by atoms with Gasteiger partial charge in [0.05, 0.1) is 19.4 Å². The lowest BCUT2D eigenvalue weighted by Gasteiger charge is -2.07. The van der Waals surface area contributed by atoms with Crippen LogP contribution >= 0.6 is 11.8 Å². The van der Waals surface area contributed by atoms with Gasteiger partial charge in [-0.2, -0.15) is 5.10 Å². The minimum Gasteiger partial charge on any atom is -0.497 e. The molecule has 0 saturated carbocycles. The van der Waals surface area contributed by atoms with E-state index in [9.17, 15) is 0 Å². The van der Waals surface area contributed by atoms with E-state index >= 15 is 0 Å². The average molecular weight is 302 g/mol. The van der Waals surface area contributed by atoms with Gasteiger partial charge in [0, 0.05) is 11.3 Å². The molecule has 0 aliphatic rings. The third kappa shape index (κ3) is 4.81. The molecule has 0 bridgehead atoms. The summed E-state index contributed by atoms with van der Waals surface area (Å²) in [6.45, 7) is 0.124. The number of aliphatic hydroxyl groups excluding tert-OH is 1. The maximum Gasteiger partial charge on any atom is 0.124 e. The SMILES string of the molecule is COc1ccc(N/N=C(/SCCO)c2ccccc2)cc1. The van der Waals surface area contributed by atoms with E-state index in [1.807, 2.05) is 54.6 Å². The Kier molecular flexibility index (Phi) is 6.12. The van der Waals surface area contributed by atoms with E-state index in [2.05, 4.69) is 10.5 Å². The fourth-order valence-electron chi connectivity index (χ4n) is 1.68. The van der Waals surface area contributed by atoms with Crippen LogP contribution in [0.4, 0.5) is 5.69 Å². The van der Waals surface area contributed by atoms with Crippen LogP contribution < -0.4 is 10.2 Å². The highest BCUT2D eigenvalue weighted by molar-refractivity contribution is 8.14. The molecule has 21 heavy (non-hydrogen) atoms. The summed E-state index contributed by atoms with van der Waals surface area (Å²) in [7, 11) is 1.64. The Morgan fingerprint density at radius 3 is 2.48 bits per heavy atom. The van der Waals surface area contributed by atoms with Gasteiger partial charge in [0.1, 0.15) is 10.8 Å². The summed E-state index contributed by atoms with van der Waals surface area (Å²) >= 11 is 1.51. The molecule has 0 fully saturated rings. The number of thioether (sulfide) groups is 1. The van der Waals surface area contributed by atoms with Crippen LogP contribution in [0.2, 0.25) is 0 Å². The Morgan fingerprint density at radius 2 is 1.86 bits per heavy atom. The van der Waals surface area contributed by atoms with Gasteiger partial charge in [-0.25, -0.2) is 0 Å². The van der Waals surface area contributed by atoms with Crippen LogP contribution in [0.15, 0.2) is 59.7 Å². The number of anilines is 1. The first kappa shape index (κ1) is 15.4. The van der Waals surface area contributed by atoms with Crippen molar-refractivity contribution >= 4 is 22.5 Å². The lowest BCUT2D eigenvalue weighted by Crippen LogP contribution is -2.02. The van der Waals surface area contributed by atoms with E-state index in [4.69, 9.17) is 9.84 Å². The normalized spacial score (nSPS) is 11.2. The van der Waals surface area contributed by atoms with Crippen LogP contribution in [-0.4, -0.2) is 29.6 Å². The van der Waals surface area contributed by atoms with Crippen LogP contribution in [0.25, 0.3) is 0 Å². The van der Waals surface area contributed by atoms with Crippen molar-refractivity contribution in [1.29, 1.82) is 0 Å². The average Bonchev–Trinajstić information content (AvgIpc) is 2.56. The van der Waals surface area contributed by atoms with E-state index < -0.39 is 0 Å². The number of hydrogen-bond acceptors (Lipinski definition) is 5. The summed E-state index contributed by atoms with van der Waals surface area (Å²) in [6.07, 6.45) is 0. The van der Waals surface area contributed by atoms with Crippen LogP contribution in [0.3, 0.4) is 0 Å². The van der Waals surface area contributed by atoms with Crippen molar-refractivity contribution in [3.05, 3.63) is 60.2 Å². The number of benzene rings is 2. The molecule has 2 rings (SSSR count). The number of ether oxygens (including phenoxy) is 1. The molecule has 110 valence electrons. The predicted octanol–water partition coefficient (Wildman–Crippen LogP) is 3.19. The number of rotatable bonds is 6. The van der Waals surface area contributed by atoms with Crippen molar-refractivity contribution in [2.75, 3.05) is 24.9 Å². The minimum atomic E-state index is 0.124. The van der Waals surface area contributed by atoms with Crippen molar-refractivity contribution in [3.8, 4) is 5.75 Å². The minimum absolute atomic E-state index is 0.124. The zero-order chi connectivity index (χ0) is 14.9. The van der Waals surface area contributed by atoms with E-state index in [0.717, 1.165) is 22.0 Å². The number of hydrazone groups is 1. The molecular weight excluding hydrogens is 284 g/mol. The van der Waals surface area contributed by atoms with E-state index in [1.54, 1.807) is 7.11 Å². The Bertz CT molecular complexity index is 571. The number of methoxy groups -OCH3 is 1. The zero-order valence-electron chi connectivity index (χ0n) is 11.8. The standard InChI is InChI=1S/C16H18N2O2S/c1-20-15-9-7-14(8-10-15)17-18-16(21-12-11-19)13-5-3-2-4-6-13/h2-10,17,19H,11-12H2,1H3/b18-16+. The molecule has 0 atom stereocenters. The second-order valence-corrected chi connectivity index (χ2v) is 5.28. The highest BCUT2D eigenvalue weighted by Crippen LogP contribution is 2.17. The smallest absolute Gasteiger partial charge is 0.124 e. The summed E-state index contributed by atoms with van der Waals surface area (Å²) in [6, 6.07) is 17.5. The fourth-order valence-corrected chi connectivity index (χ4v) is 2.38. The third-order valence-electron chi connectivity index (χ3n) is 2.73. The van der Waals surface area contributed by atoms with E-state index in [1.165, 1.54) is 11.8 Å². The van der Waals surface area contributed by atoms with E-state index in [0.29, 0.717) is 5.75 Å². The second-order valence-electron chi connectivity index (χ2n) is 4.20. The van der Waals surface area contributed by atoms with Crippen molar-refractivity contribution in [3.63, 3.8) is 0 Å². The van der Waals surface area contributed by atoms with Crippen LogP contribution in [0.1, 0.15) is 5.56 Å². The summed E-state index contributed by atoms with van der Waals surface area (Å²) in [4.78, 5) is 0. The molecule has 2 aromatic rings. The highest BCUT2D eigenvalue weighted by atomic mass is 32.2. The van der Waals surface area contributed by atoms with Crippen molar-refractivity contribution < 1.29 is 9.84 Å². The zero-order valence-corrected chi connectivity index (χ0v) is 12.6. The van der Waals surface area contributed by atoms with Gasteiger partial charge in [-0.05, 0) is 24.3 Å². The van der Waals surface area contributed by atoms with Crippen LogP contribution in [0.5, 0.6) is 5.75 Å². The van der Waals surface area contributed by atoms with E-state index in [-0.39, 0.29) is 6.61 Å². The van der Waals surface area contributed by atoms with Gasteiger partial charge in [0.2, 0.25) is 0 Å². The Labute approximate surface area is 128 Å². The number of aliphatic hydroxyl groups is 1. The molecular formula is C16H18N2O2S. The van der Waals surface area contributed by atoms with Gasteiger partial charge in [-0.3, -0.25) is 5.43 Å². The molecule has 2 aromatic carbocycles. The molecule has 0 heterocycles. The predicted molar refractivity (Wildman–Crippen MR) is 89.1 cm³/mol. The van der Waals surface area contributed by atoms with Gasteiger partial charge in [-0.15, -0.1) is 11.8 Å². The van der Waals surface area contributed by atoms with Gasteiger partial charge in [-0.1, -0.05) is 30.3 Å². The van der Waals surface area contributed by atoms with Gasteiger partial charge in [0.15, 0.2) is 0 Å². The van der Waals surface area contributed by atoms with Gasteiger partial charge in [0.25, 0.3) is 0 Å². The first-order valence-electron chi connectivity index (χ1n) is 6.60. The molecule has 0 spiro atoms. The molecule has 4 nitrogen and oxygen atoms in total. The lowest BCUT2D eigenvalue weighted by atomic mass is 10.2. The van der Waals surface area contributed by atoms with Crippen LogP contribution in [-0.2, 0) is 0 Å². The molecule has 0 aliphatic heterocycles. The summed E-state index contributed by atoms with van der Waals surface area (Å²) in [5, 5.41) is 14.3. The Hall–Kier alpha value is -1.98. The van der Waals surface area contributed by atoms with Gasteiger partial charge < -0.3 is 9.84 Å². The Morgan fingerprint density at radius 1 is 1.14 bits per heavy atom. The summed E-state index contributed by atoms with van der Waals surface area (Å²) in [5.74, 6) is 1.42. The van der Waals surface area contributed by atoms with Crippen molar-refractivity contribution in [1.82, 2.24) is 0 Å². The summed E-state index contributed by atoms with van der Waals surface area (Å²) in [5.41, 5.74) is 4.94. The highest BCUT2D eigenvalue weighted by Gasteiger charge is 2.04. The maximum atomic E-state index is 8.99. The molecule has 0 amide bonds. The number of hydrogen-bond donors (Lipinski definition) is 2. The molecule has 2 N–H and O–H groups in total. The topological polar surface area (TPSA) is 53.8 Å². The first-order valence-corrected chi connectivity index (χ1v) is 7.59. The molecule has 0 aromatic heterocycles. The quantitative estimate of drug-likeness (QED) is 0.489. The molecule has 0 radical (unpaired) electrons. The third-order valence-corrected chi connectivity index (χ3v) is 3.71. The lowest BCUT2D eigenvalue weighted by molar-refractivity contribution is 0.323. The monoisotopic (exact) mass is 302 g/mol. The molecule has 0 saturated heterocycles. The second kappa shape index (κ2) is 8.34. The van der Waals surface area contributed by atoms with Crippen molar-refractivity contribution in [2.24, 2.45) is 5.10 Å². The van der Waals surface area contributed by atoms with Crippen molar-refractivity contribution in [2.45, 2.75) is 0 Å². The maximum absolute atomic E-state index is 8.99. The largest absolute Gasteiger partial charge is 0.497 e. The Balaban J connectivity index is 2.11. The first-order chi connectivity index (χ1) is 10.3. The van der Waals surface area contributed by atoms with Gasteiger partial charge >= 0.3 is 0 Å². The molecule has 0 unspecified atom stereocenters. The fraction of sp³-hybridized carbons (Fsp3) is 0.188. The van der Waals surface area contributed by atoms with Crippen LogP contribution in [0, 0.1) is 0 Å². The summed E-state index contributed by atoms with van der Waals surface area (Å²) < 4.78 is 5.12. The molecule has 5 heteroatoms. The number of nitrogens with zero attached hydrogens (tertiary/aromatic N) is 1. The molecule has 0 aliphatic carbocycles. The number of nitrogens with one attached hydrogen (secondary N) is 1.